The minimum absolute atomic E-state index is 0.129. The summed E-state index contributed by atoms with van der Waals surface area (Å²) in [5, 5.41) is 2.95. The fourth-order valence-electron chi connectivity index (χ4n) is 3.37. The highest BCUT2D eigenvalue weighted by Gasteiger charge is 2.31. The largest absolute Gasteiger partial charge is 0.573 e. The van der Waals surface area contributed by atoms with Crippen LogP contribution in [0, 0.1) is 0 Å². The molecule has 30 heavy (non-hydrogen) atoms. The summed E-state index contributed by atoms with van der Waals surface area (Å²) in [7, 11) is 0. The first-order chi connectivity index (χ1) is 14.4. The number of carbonyl (C=O) groups excluding carboxylic acids is 1. The average molecular weight is 417 g/mol. The van der Waals surface area contributed by atoms with Crippen molar-refractivity contribution in [3.8, 4) is 5.75 Å². The number of hydrogen-bond donors (Lipinski definition) is 1. The van der Waals surface area contributed by atoms with Gasteiger partial charge >= 0.3 is 6.36 Å². The molecule has 1 aromatic heterocycles. The molecule has 4 rings (SSSR count). The summed E-state index contributed by atoms with van der Waals surface area (Å²) in [5.41, 5.74) is 3.26. The summed E-state index contributed by atoms with van der Waals surface area (Å²) in [6, 6.07) is 11.7. The van der Waals surface area contributed by atoms with Crippen LogP contribution in [0.1, 0.15) is 41.0 Å². The Labute approximate surface area is 172 Å². The maximum absolute atomic E-state index is 12.3. The number of halogens is 3. The number of nitrogens with zero attached hydrogens (tertiary/aromatic N) is 2. The lowest BCUT2D eigenvalue weighted by Gasteiger charge is -2.26. The van der Waals surface area contributed by atoms with E-state index in [2.05, 4.69) is 26.0 Å². The fourth-order valence-corrected chi connectivity index (χ4v) is 3.37. The lowest BCUT2D eigenvalue weighted by Crippen LogP contribution is -2.28. The quantitative estimate of drug-likeness (QED) is 0.767. The van der Waals surface area contributed by atoms with Crippen LogP contribution in [0.25, 0.3) is 5.57 Å². The second-order valence-corrected chi connectivity index (χ2v) is 7.56. The van der Waals surface area contributed by atoms with E-state index in [0.717, 1.165) is 42.6 Å². The molecule has 2 aliphatic rings. The van der Waals surface area contributed by atoms with E-state index in [-0.39, 0.29) is 11.7 Å². The normalized spacial score (nSPS) is 17.4. The van der Waals surface area contributed by atoms with Crippen molar-refractivity contribution in [2.45, 2.75) is 38.2 Å². The molecule has 1 aromatic carbocycles. The minimum atomic E-state index is -4.68. The van der Waals surface area contributed by atoms with Gasteiger partial charge in [0.05, 0.1) is 5.69 Å². The van der Waals surface area contributed by atoms with Crippen molar-refractivity contribution >= 4 is 11.5 Å². The van der Waals surface area contributed by atoms with Crippen LogP contribution < -0.4 is 10.1 Å². The van der Waals surface area contributed by atoms with Gasteiger partial charge < -0.3 is 10.1 Å². The standard InChI is InChI=1S/C22H22F3N3O2/c23-22(24,25)30-18-8-4-15(5-9-18)14-28-12-10-16(11-13-28)19-2-1-3-20(27-19)21(29)26-17-6-7-17/h1-5,8-10,17H,6-7,11-14H2,(H,26,29). The van der Waals surface area contributed by atoms with Crippen molar-refractivity contribution in [1.29, 1.82) is 0 Å². The average Bonchev–Trinajstić information content (AvgIpc) is 3.53. The Morgan fingerprint density at radius 2 is 1.93 bits per heavy atom. The van der Waals surface area contributed by atoms with Gasteiger partial charge in [0.25, 0.3) is 5.91 Å². The smallest absolute Gasteiger partial charge is 0.406 e. The van der Waals surface area contributed by atoms with Crippen LogP contribution in [0.4, 0.5) is 13.2 Å². The van der Waals surface area contributed by atoms with E-state index in [1.165, 1.54) is 12.1 Å². The molecule has 1 N–H and O–H groups in total. The zero-order valence-corrected chi connectivity index (χ0v) is 16.3. The third-order valence-electron chi connectivity index (χ3n) is 5.08. The topological polar surface area (TPSA) is 54.5 Å². The van der Waals surface area contributed by atoms with Crippen molar-refractivity contribution in [3.63, 3.8) is 0 Å². The van der Waals surface area contributed by atoms with Crippen molar-refractivity contribution < 1.29 is 22.7 Å². The van der Waals surface area contributed by atoms with E-state index in [9.17, 15) is 18.0 Å². The number of carbonyl (C=O) groups is 1. The molecule has 5 nitrogen and oxygen atoms in total. The van der Waals surface area contributed by atoms with Crippen molar-refractivity contribution in [3.05, 3.63) is 65.5 Å². The van der Waals surface area contributed by atoms with E-state index < -0.39 is 6.36 Å². The number of pyridine rings is 1. The van der Waals surface area contributed by atoms with E-state index in [1.54, 1.807) is 18.2 Å². The third kappa shape index (κ3) is 5.60. The number of amides is 1. The molecule has 0 saturated heterocycles. The SMILES string of the molecule is O=C(NC1CC1)c1cccc(C2=CCN(Cc3ccc(OC(F)(F)F)cc3)CC2)n1. The van der Waals surface area contributed by atoms with Crippen LogP contribution in [0.3, 0.4) is 0 Å². The highest BCUT2D eigenvalue weighted by atomic mass is 19.4. The molecule has 1 aliphatic heterocycles. The number of ether oxygens (including phenoxy) is 1. The maximum Gasteiger partial charge on any atom is 0.573 e. The molecule has 0 bridgehead atoms. The highest BCUT2D eigenvalue weighted by Crippen LogP contribution is 2.25. The van der Waals surface area contributed by atoms with Gasteiger partial charge in [-0.05, 0) is 54.7 Å². The molecule has 2 aromatic rings. The van der Waals surface area contributed by atoms with Gasteiger partial charge in [0.2, 0.25) is 0 Å². The lowest BCUT2D eigenvalue weighted by molar-refractivity contribution is -0.274. The summed E-state index contributed by atoms with van der Waals surface area (Å²) in [6.45, 7) is 2.14. The number of alkyl halides is 3. The fraction of sp³-hybridized carbons (Fsp3) is 0.364. The highest BCUT2D eigenvalue weighted by molar-refractivity contribution is 5.93. The monoisotopic (exact) mass is 417 g/mol. The zero-order chi connectivity index (χ0) is 21.1. The van der Waals surface area contributed by atoms with Crippen LogP contribution in [-0.4, -0.2) is 41.3 Å². The number of rotatable bonds is 6. The Kier molecular flexibility index (Phi) is 5.76. The van der Waals surface area contributed by atoms with E-state index in [1.807, 2.05) is 12.1 Å². The molecule has 0 atom stereocenters. The first-order valence-electron chi connectivity index (χ1n) is 9.90. The second-order valence-electron chi connectivity index (χ2n) is 7.56. The summed E-state index contributed by atoms with van der Waals surface area (Å²) < 4.78 is 40.7. The van der Waals surface area contributed by atoms with Gasteiger partial charge in [-0.1, -0.05) is 24.3 Å². The Bertz CT molecular complexity index is 937. The molecule has 0 spiro atoms. The predicted octanol–water partition coefficient (Wildman–Crippen LogP) is 4.16. The molecule has 1 aliphatic carbocycles. The van der Waals surface area contributed by atoms with Crippen LogP contribution >= 0.6 is 0 Å². The summed E-state index contributed by atoms with van der Waals surface area (Å²) >= 11 is 0. The van der Waals surface area contributed by atoms with Gasteiger partial charge in [0, 0.05) is 25.7 Å². The maximum atomic E-state index is 12.3. The summed E-state index contributed by atoms with van der Waals surface area (Å²) in [4.78, 5) is 18.9. The second kappa shape index (κ2) is 8.47. The summed E-state index contributed by atoms with van der Waals surface area (Å²) in [5.74, 6) is -0.348. The van der Waals surface area contributed by atoms with Crippen molar-refractivity contribution in [2.75, 3.05) is 13.1 Å². The van der Waals surface area contributed by atoms with Gasteiger partial charge in [-0.15, -0.1) is 13.2 Å². The molecule has 1 fully saturated rings. The molecular weight excluding hydrogens is 395 g/mol. The Balaban J connectivity index is 1.34. The van der Waals surface area contributed by atoms with Gasteiger partial charge in [0.1, 0.15) is 11.4 Å². The Hall–Kier alpha value is -2.87. The molecular formula is C22H22F3N3O2. The molecule has 8 heteroatoms. The van der Waals surface area contributed by atoms with E-state index in [4.69, 9.17) is 0 Å². The predicted molar refractivity (Wildman–Crippen MR) is 106 cm³/mol. The molecule has 1 saturated carbocycles. The number of aromatic nitrogens is 1. The number of hydrogen-bond acceptors (Lipinski definition) is 4. The number of nitrogens with one attached hydrogen (secondary N) is 1. The molecule has 2 heterocycles. The van der Waals surface area contributed by atoms with Crippen LogP contribution in [0.2, 0.25) is 0 Å². The third-order valence-corrected chi connectivity index (χ3v) is 5.08. The Morgan fingerprint density at radius 3 is 2.57 bits per heavy atom. The van der Waals surface area contributed by atoms with E-state index in [0.29, 0.717) is 24.8 Å². The zero-order valence-electron chi connectivity index (χ0n) is 16.3. The van der Waals surface area contributed by atoms with Crippen molar-refractivity contribution in [1.82, 2.24) is 15.2 Å². The first kappa shape index (κ1) is 20.4. The van der Waals surface area contributed by atoms with Crippen LogP contribution in [0.15, 0.2) is 48.5 Å². The summed E-state index contributed by atoms with van der Waals surface area (Å²) in [6.07, 6.45) is 0.264. The molecule has 0 radical (unpaired) electrons. The van der Waals surface area contributed by atoms with Gasteiger partial charge in [-0.2, -0.15) is 0 Å². The number of benzene rings is 1. The first-order valence-corrected chi connectivity index (χ1v) is 9.90. The van der Waals surface area contributed by atoms with Gasteiger partial charge in [-0.3, -0.25) is 9.69 Å². The van der Waals surface area contributed by atoms with E-state index >= 15 is 0 Å². The molecule has 158 valence electrons. The van der Waals surface area contributed by atoms with Crippen molar-refractivity contribution in [2.24, 2.45) is 0 Å². The van der Waals surface area contributed by atoms with Crippen LogP contribution in [-0.2, 0) is 6.54 Å². The van der Waals surface area contributed by atoms with Gasteiger partial charge in [0.15, 0.2) is 0 Å². The Morgan fingerprint density at radius 1 is 1.17 bits per heavy atom. The minimum Gasteiger partial charge on any atom is -0.406 e. The molecule has 1 amide bonds. The molecule has 0 unspecified atom stereocenters. The van der Waals surface area contributed by atoms with Gasteiger partial charge in [-0.25, -0.2) is 4.98 Å². The van der Waals surface area contributed by atoms with Crippen LogP contribution in [0.5, 0.6) is 5.75 Å². The lowest BCUT2D eigenvalue weighted by atomic mass is 10.0.